The van der Waals surface area contributed by atoms with Gasteiger partial charge in [0.15, 0.2) is 5.11 Å². The van der Waals surface area contributed by atoms with Gasteiger partial charge in [-0.25, -0.2) is 0 Å². The van der Waals surface area contributed by atoms with Gasteiger partial charge >= 0.3 is 0 Å². The van der Waals surface area contributed by atoms with Crippen LogP contribution in [0, 0.1) is 10.1 Å². The summed E-state index contributed by atoms with van der Waals surface area (Å²) in [6.45, 7) is 0. The van der Waals surface area contributed by atoms with E-state index in [0.717, 1.165) is 5.56 Å². The van der Waals surface area contributed by atoms with Crippen LogP contribution in [-0.4, -0.2) is 39.7 Å². The van der Waals surface area contributed by atoms with Crippen LogP contribution in [-0.2, 0) is 4.79 Å². The summed E-state index contributed by atoms with van der Waals surface area (Å²) in [6, 6.07) is 13.3. The van der Waals surface area contributed by atoms with Crippen molar-refractivity contribution in [3.8, 4) is 5.75 Å². The summed E-state index contributed by atoms with van der Waals surface area (Å²) in [7, 11) is 1.58. The summed E-state index contributed by atoms with van der Waals surface area (Å²) >= 11 is 7.18. The van der Waals surface area contributed by atoms with Crippen LogP contribution in [0.25, 0.3) is 0 Å². The Morgan fingerprint density at radius 1 is 1.26 bits per heavy atom. The molecule has 0 radical (unpaired) electrons. The lowest BCUT2D eigenvalue weighted by Gasteiger charge is -2.25. The zero-order chi connectivity index (χ0) is 19.1. The van der Waals surface area contributed by atoms with Gasteiger partial charge in [0.05, 0.1) is 17.7 Å². The Morgan fingerprint density at radius 3 is 2.67 bits per heavy atom. The summed E-state index contributed by atoms with van der Waals surface area (Å²) in [5.74, 6) is 1.20. The number of amides is 1. The number of nitrogens with zero attached hydrogens (tertiary/aromatic N) is 3. The number of anilines is 1. The maximum absolute atomic E-state index is 12.9. The van der Waals surface area contributed by atoms with E-state index in [2.05, 4.69) is 0 Å². The first-order chi connectivity index (χ1) is 13.0. The predicted molar refractivity (Wildman–Crippen MR) is 107 cm³/mol. The molecule has 9 heteroatoms. The predicted octanol–water partition coefficient (Wildman–Crippen LogP) is 3.35. The molecule has 27 heavy (non-hydrogen) atoms. The number of methoxy groups -OCH3 is 1. The fraction of sp³-hybridized carbons (Fsp3) is 0.222. The first-order valence-corrected chi connectivity index (χ1v) is 9.63. The number of nitro groups is 1. The second-order valence-electron chi connectivity index (χ2n) is 6.12. The first-order valence-electron chi connectivity index (χ1n) is 8.17. The van der Waals surface area contributed by atoms with E-state index in [1.807, 2.05) is 11.0 Å². The Labute approximate surface area is 165 Å². The highest BCUT2D eigenvalue weighted by atomic mass is 32.2. The number of thioether (sulfide) groups is 1. The minimum Gasteiger partial charge on any atom is -0.497 e. The molecule has 138 valence electrons. The van der Waals surface area contributed by atoms with Crippen LogP contribution >= 0.6 is 24.0 Å². The average molecular weight is 401 g/mol. The summed E-state index contributed by atoms with van der Waals surface area (Å²) in [4.78, 5) is 27.0. The molecule has 1 amide bonds. The van der Waals surface area contributed by atoms with E-state index in [1.165, 1.54) is 11.0 Å². The molecule has 0 aliphatic carbocycles. The van der Waals surface area contributed by atoms with E-state index in [9.17, 15) is 14.9 Å². The van der Waals surface area contributed by atoms with Crippen molar-refractivity contribution in [1.82, 2.24) is 4.90 Å². The Morgan fingerprint density at radius 2 is 2.00 bits per heavy atom. The van der Waals surface area contributed by atoms with Gasteiger partial charge in [0.2, 0.25) is 0 Å². The number of benzene rings is 2. The van der Waals surface area contributed by atoms with E-state index in [4.69, 9.17) is 17.0 Å². The smallest absolute Gasteiger partial charge is 0.269 e. The third kappa shape index (κ3) is 2.92. The van der Waals surface area contributed by atoms with Gasteiger partial charge in [-0.2, -0.15) is 0 Å². The van der Waals surface area contributed by atoms with Gasteiger partial charge < -0.3 is 9.64 Å². The minimum absolute atomic E-state index is 0.0278. The van der Waals surface area contributed by atoms with Crippen molar-refractivity contribution >= 4 is 46.4 Å². The van der Waals surface area contributed by atoms with Crippen molar-refractivity contribution < 1.29 is 14.5 Å². The van der Waals surface area contributed by atoms with Crippen LogP contribution in [0.2, 0.25) is 0 Å². The number of non-ortho nitro benzene ring substituents is 1. The highest BCUT2D eigenvalue weighted by molar-refractivity contribution is 7.99. The van der Waals surface area contributed by atoms with Crippen LogP contribution in [0.15, 0.2) is 48.5 Å². The molecule has 2 fully saturated rings. The van der Waals surface area contributed by atoms with Gasteiger partial charge in [-0.15, -0.1) is 11.8 Å². The molecule has 0 saturated carbocycles. The highest BCUT2D eigenvalue weighted by Crippen LogP contribution is 2.46. The van der Waals surface area contributed by atoms with Gasteiger partial charge in [-0.05, 0) is 42.0 Å². The van der Waals surface area contributed by atoms with Crippen LogP contribution in [0.4, 0.5) is 11.4 Å². The highest BCUT2D eigenvalue weighted by Gasteiger charge is 2.51. The topological polar surface area (TPSA) is 75.9 Å². The van der Waals surface area contributed by atoms with E-state index in [1.54, 1.807) is 55.3 Å². The molecular formula is C18H15N3O4S2. The van der Waals surface area contributed by atoms with Crippen LogP contribution < -0.4 is 9.64 Å². The Hall–Kier alpha value is -2.65. The Balaban J connectivity index is 1.66. The second kappa shape index (κ2) is 6.82. The molecular weight excluding hydrogens is 386 g/mol. The summed E-state index contributed by atoms with van der Waals surface area (Å²) in [5, 5.41) is 11.3. The SMILES string of the molecule is COc1ccc(N2C(=O)[C@H]3CS[C@@H](c4cccc([N+](=O)[O-])c4)N3C2=S)cc1. The molecule has 4 rings (SSSR count). The summed E-state index contributed by atoms with van der Waals surface area (Å²) in [5.41, 5.74) is 1.48. The number of ether oxygens (including phenoxy) is 1. The Bertz CT molecular complexity index is 934. The van der Waals surface area contributed by atoms with Crippen molar-refractivity contribution in [2.24, 2.45) is 0 Å². The van der Waals surface area contributed by atoms with Crippen LogP contribution in [0.1, 0.15) is 10.9 Å². The summed E-state index contributed by atoms with van der Waals surface area (Å²) < 4.78 is 5.16. The average Bonchev–Trinajstić information content (AvgIpc) is 3.22. The normalized spacial score (nSPS) is 21.5. The minimum atomic E-state index is -0.419. The van der Waals surface area contributed by atoms with Crippen LogP contribution in [0.3, 0.4) is 0 Å². The first kappa shape index (κ1) is 17.7. The zero-order valence-corrected chi connectivity index (χ0v) is 15.9. The molecule has 0 spiro atoms. The van der Waals surface area contributed by atoms with Crippen molar-refractivity contribution in [2.45, 2.75) is 11.4 Å². The third-order valence-corrected chi connectivity index (χ3v) is 6.33. The van der Waals surface area contributed by atoms with Gasteiger partial charge in [-0.3, -0.25) is 19.8 Å². The zero-order valence-electron chi connectivity index (χ0n) is 14.3. The van der Waals surface area contributed by atoms with Crippen LogP contribution in [0.5, 0.6) is 5.75 Å². The van der Waals surface area contributed by atoms with Crippen molar-refractivity contribution in [3.05, 3.63) is 64.2 Å². The van der Waals surface area contributed by atoms with Gasteiger partial charge in [0.1, 0.15) is 17.2 Å². The molecule has 2 saturated heterocycles. The molecule has 2 aliphatic rings. The monoisotopic (exact) mass is 401 g/mol. The van der Waals surface area contributed by atoms with Gasteiger partial charge in [0, 0.05) is 17.9 Å². The molecule has 2 atom stereocenters. The number of thiocarbonyl (C=S) groups is 1. The number of nitro benzene ring substituents is 1. The van der Waals surface area contributed by atoms with Crippen molar-refractivity contribution in [3.63, 3.8) is 0 Å². The van der Waals surface area contributed by atoms with E-state index in [0.29, 0.717) is 22.3 Å². The second-order valence-corrected chi connectivity index (χ2v) is 7.59. The van der Waals surface area contributed by atoms with Crippen molar-refractivity contribution in [2.75, 3.05) is 17.8 Å². The number of carbonyl (C=O) groups excluding carboxylic acids is 1. The molecule has 0 N–H and O–H groups in total. The molecule has 7 nitrogen and oxygen atoms in total. The molecule has 0 aromatic heterocycles. The van der Waals surface area contributed by atoms with Gasteiger partial charge in [-0.1, -0.05) is 12.1 Å². The molecule has 2 aliphatic heterocycles. The molecule has 2 heterocycles. The third-order valence-electron chi connectivity index (χ3n) is 4.61. The van der Waals surface area contributed by atoms with E-state index in [-0.39, 0.29) is 23.0 Å². The summed E-state index contributed by atoms with van der Waals surface area (Å²) in [6.07, 6.45) is 0. The van der Waals surface area contributed by atoms with Gasteiger partial charge in [0.25, 0.3) is 11.6 Å². The maximum Gasteiger partial charge on any atom is 0.269 e. The number of rotatable bonds is 4. The molecule has 2 aromatic rings. The molecule has 0 unspecified atom stereocenters. The fourth-order valence-electron chi connectivity index (χ4n) is 3.31. The lowest BCUT2D eigenvalue weighted by Crippen LogP contribution is -2.33. The fourth-order valence-corrected chi connectivity index (χ4v) is 5.22. The quantitative estimate of drug-likeness (QED) is 0.442. The largest absolute Gasteiger partial charge is 0.497 e. The Kier molecular flexibility index (Phi) is 4.48. The molecule has 0 bridgehead atoms. The lowest BCUT2D eigenvalue weighted by atomic mass is 10.1. The number of fused-ring (bicyclic) bond motifs is 1. The lowest BCUT2D eigenvalue weighted by molar-refractivity contribution is -0.384. The van der Waals surface area contributed by atoms with E-state index < -0.39 is 4.92 Å². The number of hydrogen-bond donors (Lipinski definition) is 0. The van der Waals surface area contributed by atoms with Crippen molar-refractivity contribution in [1.29, 1.82) is 0 Å². The number of carbonyl (C=O) groups is 1. The standard InChI is InChI=1S/C18H15N3O4S2/c1-25-14-7-5-12(6-8-14)19-16(22)15-10-27-17(20(15)18(19)26)11-3-2-4-13(9-11)21(23)24/h2-9,15,17H,10H2,1H3/t15-,17+/m1/s1. The number of hydrogen-bond acceptors (Lipinski definition) is 6. The maximum atomic E-state index is 12.9. The molecule has 2 aromatic carbocycles. The van der Waals surface area contributed by atoms with E-state index >= 15 is 0 Å².